The number of amides is 2. The van der Waals surface area contributed by atoms with Gasteiger partial charge in [-0.3, -0.25) is 9.59 Å². The van der Waals surface area contributed by atoms with Crippen molar-refractivity contribution in [2.24, 2.45) is 0 Å². The van der Waals surface area contributed by atoms with Gasteiger partial charge < -0.3 is 9.80 Å². The summed E-state index contributed by atoms with van der Waals surface area (Å²) in [6, 6.07) is 7.41. The standard InChI is InChI=1S/C15H19BrN2O2/c1-2-4-14(19)17-7-9-18(10-8-17)15(20)12-5-3-6-13(16)11-12/h3,5-6,11H,2,4,7-10H2,1H3. The molecule has 1 fully saturated rings. The molecule has 0 radical (unpaired) electrons. The van der Waals surface area contributed by atoms with Crippen LogP contribution < -0.4 is 0 Å². The minimum Gasteiger partial charge on any atom is -0.339 e. The van der Waals surface area contributed by atoms with E-state index in [1.54, 1.807) is 0 Å². The average Bonchev–Trinajstić information content (AvgIpc) is 2.47. The van der Waals surface area contributed by atoms with E-state index in [-0.39, 0.29) is 11.8 Å². The first-order valence-electron chi connectivity index (χ1n) is 6.94. The van der Waals surface area contributed by atoms with Crippen LogP contribution in [0.4, 0.5) is 0 Å². The first-order chi connectivity index (χ1) is 9.61. The van der Waals surface area contributed by atoms with Crippen molar-refractivity contribution in [2.45, 2.75) is 19.8 Å². The van der Waals surface area contributed by atoms with Crippen LogP contribution in [-0.2, 0) is 4.79 Å². The molecule has 0 aromatic heterocycles. The molecule has 1 aliphatic heterocycles. The molecular weight excluding hydrogens is 320 g/mol. The number of hydrogen-bond acceptors (Lipinski definition) is 2. The van der Waals surface area contributed by atoms with Crippen LogP contribution in [0.1, 0.15) is 30.1 Å². The van der Waals surface area contributed by atoms with Crippen LogP contribution in [0.5, 0.6) is 0 Å². The van der Waals surface area contributed by atoms with E-state index in [1.165, 1.54) is 0 Å². The Morgan fingerprint density at radius 3 is 2.40 bits per heavy atom. The van der Waals surface area contributed by atoms with E-state index < -0.39 is 0 Å². The zero-order valence-corrected chi connectivity index (χ0v) is 13.2. The van der Waals surface area contributed by atoms with Crippen LogP contribution in [0.25, 0.3) is 0 Å². The van der Waals surface area contributed by atoms with Gasteiger partial charge in [0.05, 0.1) is 0 Å². The predicted molar refractivity (Wildman–Crippen MR) is 81.5 cm³/mol. The van der Waals surface area contributed by atoms with E-state index >= 15 is 0 Å². The Morgan fingerprint density at radius 2 is 1.80 bits per heavy atom. The summed E-state index contributed by atoms with van der Waals surface area (Å²) in [7, 11) is 0. The second-order valence-electron chi connectivity index (χ2n) is 4.93. The van der Waals surface area contributed by atoms with Gasteiger partial charge in [-0.1, -0.05) is 28.9 Å². The van der Waals surface area contributed by atoms with E-state index in [2.05, 4.69) is 15.9 Å². The summed E-state index contributed by atoms with van der Waals surface area (Å²) in [4.78, 5) is 27.8. The molecule has 0 N–H and O–H groups in total. The van der Waals surface area contributed by atoms with Crippen molar-refractivity contribution < 1.29 is 9.59 Å². The zero-order valence-electron chi connectivity index (χ0n) is 11.6. The second-order valence-corrected chi connectivity index (χ2v) is 5.85. The van der Waals surface area contributed by atoms with Gasteiger partial charge in [0.15, 0.2) is 0 Å². The Balaban J connectivity index is 1.93. The summed E-state index contributed by atoms with van der Waals surface area (Å²) < 4.78 is 0.903. The van der Waals surface area contributed by atoms with Crippen LogP contribution in [-0.4, -0.2) is 47.8 Å². The van der Waals surface area contributed by atoms with Crippen molar-refractivity contribution in [3.8, 4) is 0 Å². The molecule has 0 saturated carbocycles. The number of piperazine rings is 1. The molecule has 0 unspecified atom stereocenters. The molecule has 4 nitrogen and oxygen atoms in total. The summed E-state index contributed by atoms with van der Waals surface area (Å²) in [5.41, 5.74) is 0.688. The Hall–Kier alpha value is -1.36. The fraction of sp³-hybridized carbons (Fsp3) is 0.467. The Labute approximate surface area is 127 Å². The quantitative estimate of drug-likeness (QED) is 0.849. The third-order valence-electron chi connectivity index (χ3n) is 3.46. The molecule has 108 valence electrons. The lowest BCUT2D eigenvalue weighted by Crippen LogP contribution is -2.50. The summed E-state index contributed by atoms with van der Waals surface area (Å²) in [6.45, 7) is 4.50. The van der Waals surface area contributed by atoms with Gasteiger partial charge in [0.25, 0.3) is 5.91 Å². The molecule has 20 heavy (non-hydrogen) atoms. The summed E-state index contributed by atoms with van der Waals surface area (Å²) in [5.74, 6) is 0.232. The monoisotopic (exact) mass is 338 g/mol. The van der Waals surface area contributed by atoms with Gasteiger partial charge in [-0.25, -0.2) is 0 Å². The fourth-order valence-corrected chi connectivity index (χ4v) is 2.73. The normalized spacial score (nSPS) is 15.3. The SMILES string of the molecule is CCCC(=O)N1CCN(C(=O)c2cccc(Br)c2)CC1. The maximum atomic E-state index is 12.4. The largest absolute Gasteiger partial charge is 0.339 e. The molecule has 1 aromatic rings. The Morgan fingerprint density at radius 1 is 1.15 bits per heavy atom. The number of hydrogen-bond donors (Lipinski definition) is 0. The molecule has 0 bridgehead atoms. The van der Waals surface area contributed by atoms with Crippen molar-refractivity contribution in [3.05, 3.63) is 34.3 Å². The molecule has 5 heteroatoms. The molecule has 0 spiro atoms. The van der Waals surface area contributed by atoms with Crippen molar-refractivity contribution >= 4 is 27.7 Å². The molecule has 0 aliphatic carbocycles. The predicted octanol–water partition coefficient (Wildman–Crippen LogP) is 2.53. The van der Waals surface area contributed by atoms with Crippen molar-refractivity contribution in [3.63, 3.8) is 0 Å². The summed E-state index contributed by atoms with van der Waals surface area (Å²) in [6.07, 6.45) is 1.47. The third-order valence-corrected chi connectivity index (χ3v) is 3.95. The number of nitrogens with zero attached hydrogens (tertiary/aromatic N) is 2. The Kier molecular flexibility index (Phi) is 5.17. The Bertz CT molecular complexity index is 496. The first kappa shape index (κ1) is 15.0. The van der Waals surface area contributed by atoms with Gasteiger partial charge in [-0.2, -0.15) is 0 Å². The minimum atomic E-state index is 0.0360. The minimum absolute atomic E-state index is 0.0360. The highest BCUT2D eigenvalue weighted by molar-refractivity contribution is 9.10. The number of carbonyl (C=O) groups is 2. The summed E-state index contributed by atoms with van der Waals surface area (Å²) >= 11 is 3.38. The zero-order chi connectivity index (χ0) is 14.5. The van der Waals surface area contributed by atoms with Gasteiger partial charge in [-0.15, -0.1) is 0 Å². The second kappa shape index (κ2) is 6.88. The van der Waals surface area contributed by atoms with Crippen LogP contribution in [0.2, 0.25) is 0 Å². The lowest BCUT2D eigenvalue weighted by atomic mass is 10.2. The van der Waals surface area contributed by atoms with E-state index in [0.717, 1.165) is 10.9 Å². The molecule has 1 saturated heterocycles. The number of carbonyl (C=O) groups excluding carboxylic acids is 2. The fourth-order valence-electron chi connectivity index (χ4n) is 2.34. The highest BCUT2D eigenvalue weighted by atomic mass is 79.9. The van der Waals surface area contributed by atoms with E-state index in [0.29, 0.717) is 38.2 Å². The maximum absolute atomic E-state index is 12.4. The molecule has 2 rings (SSSR count). The van der Waals surface area contributed by atoms with Gasteiger partial charge in [0.1, 0.15) is 0 Å². The molecule has 1 aliphatic rings. The highest BCUT2D eigenvalue weighted by Gasteiger charge is 2.24. The number of rotatable bonds is 3. The lowest BCUT2D eigenvalue weighted by molar-refractivity contribution is -0.132. The molecule has 2 amide bonds. The lowest BCUT2D eigenvalue weighted by Gasteiger charge is -2.34. The molecule has 0 atom stereocenters. The highest BCUT2D eigenvalue weighted by Crippen LogP contribution is 2.15. The maximum Gasteiger partial charge on any atom is 0.254 e. The van der Waals surface area contributed by atoms with Crippen LogP contribution in [0.15, 0.2) is 28.7 Å². The topological polar surface area (TPSA) is 40.6 Å². The smallest absolute Gasteiger partial charge is 0.254 e. The van der Waals surface area contributed by atoms with Crippen LogP contribution in [0, 0.1) is 0 Å². The van der Waals surface area contributed by atoms with E-state index in [9.17, 15) is 9.59 Å². The average molecular weight is 339 g/mol. The number of benzene rings is 1. The van der Waals surface area contributed by atoms with Gasteiger partial charge in [-0.05, 0) is 24.6 Å². The molecule has 1 aromatic carbocycles. The third kappa shape index (κ3) is 3.60. The van der Waals surface area contributed by atoms with E-state index in [1.807, 2.05) is 41.0 Å². The van der Waals surface area contributed by atoms with Crippen molar-refractivity contribution in [1.82, 2.24) is 9.80 Å². The van der Waals surface area contributed by atoms with Crippen LogP contribution >= 0.6 is 15.9 Å². The molecule has 1 heterocycles. The van der Waals surface area contributed by atoms with E-state index in [4.69, 9.17) is 0 Å². The van der Waals surface area contributed by atoms with Crippen molar-refractivity contribution in [2.75, 3.05) is 26.2 Å². The first-order valence-corrected chi connectivity index (χ1v) is 7.73. The van der Waals surface area contributed by atoms with Gasteiger partial charge in [0, 0.05) is 42.6 Å². The van der Waals surface area contributed by atoms with Gasteiger partial charge in [0.2, 0.25) is 5.91 Å². The molecular formula is C15H19BrN2O2. The number of halogens is 1. The van der Waals surface area contributed by atoms with Crippen LogP contribution in [0.3, 0.4) is 0 Å². The van der Waals surface area contributed by atoms with Crippen molar-refractivity contribution in [1.29, 1.82) is 0 Å². The summed E-state index contributed by atoms with van der Waals surface area (Å²) in [5, 5.41) is 0. The van der Waals surface area contributed by atoms with Gasteiger partial charge >= 0.3 is 0 Å².